The maximum atomic E-state index is 12.3. The van der Waals surface area contributed by atoms with Gasteiger partial charge in [-0.2, -0.15) is 0 Å². The summed E-state index contributed by atoms with van der Waals surface area (Å²) in [5.41, 5.74) is 7.21. The van der Waals surface area contributed by atoms with Crippen molar-refractivity contribution in [3.63, 3.8) is 0 Å². The Hall–Kier alpha value is -3.28. The van der Waals surface area contributed by atoms with Crippen molar-refractivity contribution in [1.29, 1.82) is 0 Å². The molecule has 0 saturated heterocycles. The van der Waals surface area contributed by atoms with Crippen molar-refractivity contribution in [3.8, 4) is 11.5 Å². The van der Waals surface area contributed by atoms with Crippen LogP contribution in [0.1, 0.15) is 30.4 Å². The van der Waals surface area contributed by atoms with Gasteiger partial charge in [0.1, 0.15) is 0 Å². The van der Waals surface area contributed by atoms with E-state index in [9.17, 15) is 9.59 Å². The molecule has 3 rings (SSSR count). The molecule has 0 heterocycles. The predicted octanol–water partition coefficient (Wildman–Crippen LogP) is 2.81. The number of primary amides is 1. The van der Waals surface area contributed by atoms with Crippen molar-refractivity contribution in [3.05, 3.63) is 65.7 Å². The second-order valence-electron chi connectivity index (χ2n) is 7.22. The quantitative estimate of drug-likeness (QED) is 0.640. The third kappa shape index (κ3) is 5.16. The van der Waals surface area contributed by atoms with Gasteiger partial charge in [0.15, 0.2) is 18.1 Å². The highest BCUT2D eigenvalue weighted by atomic mass is 16.5. The van der Waals surface area contributed by atoms with Crippen LogP contribution in [0.3, 0.4) is 0 Å². The number of nitrogens with two attached hydrogens (primary N) is 1. The summed E-state index contributed by atoms with van der Waals surface area (Å²) < 4.78 is 10.6. The number of carbonyl (C=O) groups is 2. The summed E-state index contributed by atoms with van der Waals surface area (Å²) in [6.07, 6.45) is 6.59. The molecule has 0 radical (unpaired) electrons. The van der Waals surface area contributed by atoms with E-state index in [0.717, 1.165) is 18.4 Å². The van der Waals surface area contributed by atoms with Crippen molar-refractivity contribution in [2.24, 2.45) is 5.73 Å². The average Bonchev–Trinajstić information content (AvgIpc) is 2.70. The minimum atomic E-state index is -0.563. The van der Waals surface area contributed by atoms with Gasteiger partial charge in [0.25, 0.3) is 5.91 Å². The van der Waals surface area contributed by atoms with Crippen molar-refractivity contribution in [1.82, 2.24) is 5.32 Å². The van der Waals surface area contributed by atoms with Crippen molar-refractivity contribution >= 4 is 17.9 Å². The summed E-state index contributed by atoms with van der Waals surface area (Å²) in [5.74, 6) is 0.182. The molecule has 0 bridgehead atoms. The van der Waals surface area contributed by atoms with E-state index in [0.29, 0.717) is 18.0 Å². The molecule has 0 atom stereocenters. The molecule has 6 heteroatoms. The van der Waals surface area contributed by atoms with Crippen LogP contribution in [0.5, 0.6) is 11.5 Å². The molecule has 1 aliphatic rings. The number of rotatable bonds is 9. The summed E-state index contributed by atoms with van der Waals surface area (Å²) in [6.45, 7) is 0.403. The van der Waals surface area contributed by atoms with Gasteiger partial charge in [-0.15, -0.1) is 0 Å². The van der Waals surface area contributed by atoms with E-state index in [1.54, 1.807) is 24.3 Å². The molecular formula is C23H26N2O4. The van der Waals surface area contributed by atoms with E-state index in [1.165, 1.54) is 25.2 Å². The Kier molecular flexibility index (Phi) is 6.54. The molecule has 1 saturated carbocycles. The van der Waals surface area contributed by atoms with E-state index in [4.69, 9.17) is 15.2 Å². The second-order valence-corrected chi connectivity index (χ2v) is 7.22. The smallest absolute Gasteiger partial charge is 0.255 e. The summed E-state index contributed by atoms with van der Waals surface area (Å²) in [5, 5.41) is 3.03. The van der Waals surface area contributed by atoms with E-state index >= 15 is 0 Å². The van der Waals surface area contributed by atoms with Crippen LogP contribution < -0.4 is 20.5 Å². The fourth-order valence-corrected chi connectivity index (χ4v) is 3.51. The van der Waals surface area contributed by atoms with Gasteiger partial charge in [-0.3, -0.25) is 9.59 Å². The number of amides is 2. The molecule has 2 aromatic carbocycles. The highest BCUT2D eigenvalue weighted by Gasteiger charge is 2.38. The molecular weight excluding hydrogens is 368 g/mol. The van der Waals surface area contributed by atoms with Gasteiger partial charge in [0, 0.05) is 18.0 Å². The van der Waals surface area contributed by atoms with Crippen molar-refractivity contribution in [2.45, 2.75) is 24.7 Å². The highest BCUT2D eigenvalue weighted by molar-refractivity contribution is 5.91. The Morgan fingerprint density at radius 2 is 1.90 bits per heavy atom. The lowest BCUT2D eigenvalue weighted by atomic mass is 9.64. The lowest BCUT2D eigenvalue weighted by Gasteiger charge is -2.42. The third-order valence-electron chi connectivity index (χ3n) is 5.28. The molecule has 0 aliphatic heterocycles. The molecule has 0 unspecified atom stereocenters. The Balaban J connectivity index is 1.59. The van der Waals surface area contributed by atoms with E-state index in [2.05, 4.69) is 17.4 Å². The molecule has 2 amide bonds. The normalized spacial score (nSPS) is 14.8. The van der Waals surface area contributed by atoms with Crippen LogP contribution >= 0.6 is 0 Å². The van der Waals surface area contributed by atoms with Gasteiger partial charge in [-0.05, 0) is 42.2 Å². The molecule has 0 spiro atoms. The first-order valence-electron chi connectivity index (χ1n) is 9.63. The van der Waals surface area contributed by atoms with Crippen molar-refractivity contribution < 1.29 is 19.1 Å². The van der Waals surface area contributed by atoms with Crippen LogP contribution in [0.25, 0.3) is 6.08 Å². The second kappa shape index (κ2) is 9.28. The molecule has 2 aromatic rings. The van der Waals surface area contributed by atoms with Crippen LogP contribution in [-0.2, 0) is 15.0 Å². The fourth-order valence-electron chi connectivity index (χ4n) is 3.51. The number of nitrogens with one attached hydrogen (secondary N) is 1. The van der Waals surface area contributed by atoms with Crippen LogP contribution in [0, 0.1) is 0 Å². The monoisotopic (exact) mass is 394 g/mol. The van der Waals surface area contributed by atoms with E-state index in [-0.39, 0.29) is 17.9 Å². The number of hydrogen-bond acceptors (Lipinski definition) is 4. The highest BCUT2D eigenvalue weighted by Crippen LogP contribution is 2.43. The largest absolute Gasteiger partial charge is 0.493 e. The minimum Gasteiger partial charge on any atom is -0.493 e. The Bertz CT molecular complexity index is 889. The molecule has 1 fully saturated rings. The number of ether oxygens (including phenoxy) is 2. The predicted molar refractivity (Wildman–Crippen MR) is 112 cm³/mol. The first-order valence-corrected chi connectivity index (χ1v) is 9.63. The summed E-state index contributed by atoms with van der Waals surface area (Å²) >= 11 is 0. The minimum absolute atomic E-state index is 0.0490. The zero-order valence-electron chi connectivity index (χ0n) is 16.5. The summed E-state index contributed by atoms with van der Waals surface area (Å²) in [7, 11) is 1.51. The van der Waals surface area contributed by atoms with Gasteiger partial charge in [-0.1, -0.05) is 42.8 Å². The zero-order chi connectivity index (χ0) is 20.7. The summed E-state index contributed by atoms with van der Waals surface area (Å²) in [4.78, 5) is 23.2. The Morgan fingerprint density at radius 3 is 2.52 bits per heavy atom. The third-order valence-corrected chi connectivity index (χ3v) is 5.28. The molecule has 6 nitrogen and oxygen atoms in total. The molecule has 0 aromatic heterocycles. The van der Waals surface area contributed by atoms with Crippen LogP contribution in [0.2, 0.25) is 0 Å². The summed E-state index contributed by atoms with van der Waals surface area (Å²) in [6, 6.07) is 15.6. The number of carbonyl (C=O) groups excluding carboxylic acids is 2. The zero-order valence-corrected chi connectivity index (χ0v) is 16.5. The number of methoxy groups -OCH3 is 1. The lowest BCUT2D eigenvalue weighted by Crippen LogP contribution is -2.45. The van der Waals surface area contributed by atoms with Gasteiger partial charge in [-0.25, -0.2) is 0 Å². The van der Waals surface area contributed by atoms with E-state index in [1.807, 2.05) is 18.2 Å². The standard InChI is InChI=1S/C23H26N2O4/c1-28-20-14-17(8-10-19(20)29-15-21(24)26)9-11-22(27)25-16-23(12-5-13-23)18-6-3-2-4-7-18/h2-4,6-11,14H,5,12-13,15-16H2,1H3,(H2,24,26)(H,25,27)/b11-9+. The molecule has 3 N–H and O–H groups in total. The maximum absolute atomic E-state index is 12.3. The molecule has 152 valence electrons. The maximum Gasteiger partial charge on any atom is 0.255 e. The Morgan fingerprint density at radius 1 is 1.14 bits per heavy atom. The van der Waals surface area contributed by atoms with E-state index < -0.39 is 5.91 Å². The molecule has 1 aliphatic carbocycles. The van der Waals surface area contributed by atoms with Gasteiger partial charge >= 0.3 is 0 Å². The fraction of sp³-hybridized carbons (Fsp3) is 0.304. The lowest BCUT2D eigenvalue weighted by molar-refractivity contribution is -0.120. The first-order chi connectivity index (χ1) is 14.0. The van der Waals surface area contributed by atoms with Crippen LogP contribution in [0.15, 0.2) is 54.6 Å². The Labute approximate surface area is 170 Å². The number of hydrogen-bond donors (Lipinski definition) is 2. The van der Waals surface area contributed by atoms with Crippen LogP contribution in [0.4, 0.5) is 0 Å². The average molecular weight is 394 g/mol. The van der Waals surface area contributed by atoms with Crippen molar-refractivity contribution in [2.75, 3.05) is 20.3 Å². The SMILES string of the molecule is COc1cc(/C=C/C(=O)NCC2(c3ccccc3)CCC2)ccc1OCC(N)=O. The van der Waals surface area contributed by atoms with Gasteiger partial charge in [0.2, 0.25) is 5.91 Å². The van der Waals surface area contributed by atoms with Crippen LogP contribution in [-0.4, -0.2) is 32.1 Å². The van der Waals surface area contributed by atoms with Gasteiger partial charge in [0.05, 0.1) is 7.11 Å². The van der Waals surface area contributed by atoms with Gasteiger partial charge < -0.3 is 20.5 Å². The number of benzene rings is 2. The molecule has 29 heavy (non-hydrogen) atoms. The topological polar surface area (TPSA) is 90.7 Å². The first kappa shape index (κ1) is 20.5.